The van der Waals surface area contributed by atoms with Gasteiger partial charge in [-0.25, -0.2) is 4.98 Å². The Morgan fingerprint density at radius 3 is 2.77 bits per heavy atom. The van der Waals surface area contributed by atoms with Gasteiger partial charge in [-0.1, -0.05) is 29.8 Å². The van der Waals surface area contributed by atoms with E-state index in [9.17, 15) is 4.79 Å². The van der Waals surface area contributed by atoms with Crippen molar-refractivity contribution in [1.82, 2.24) is 4.98 Å². The summed E-state index contributed by atoms with van der Waals surface area (Å²) in [5.74, 6) is 0.616. The molecule has 0 unspecified atom stereocenters. The molecule has 0 saturated carbocycles. The van der Waals surface area contributed by atoms with E-state index in [1.807, 2.05) is 49.4 Å². The van der Waals surface area contributed by atoms with E-state index in [2.05, 4.69) is 11.9 Å². The first-order chi connectivity index (χ1) is 12.5. The number of aromatic nitrogens is 1. The predicted octanol–water partition coefficient (Wildman–Crippen LogP) is 5.01. The Morgan fingerprint density at radius 1 is 1.23 bits per heavy atom. The van der Waals surface area contributed by atoms with Crippen molar-refractivity contribution in [3.05, 3.63) is 62.9 Å². The highest BCUT2D eigenvalue weighted by Crippen LogP contribution is 2.38. The van der Waals surface area contributed by atoms with E-state index in [0.717, 1.165) is 32.4 Å². The molecule has 0 radical (unpaired) electrons. The van der Waals surface area contributed by atoms with Crippen molar-refractivity contribution in [3.63, 3.8) is 0 Å². The van der Waals surface area contributed by atoms with Crippen LogP contribution in [0.2, 0.25) is 5.02 Å². The summed E-state index contributed by atoms with van der Waals surface area (Å²) in [5.41, 5.74) is 3.59. The molecule has 2 heterocycles. The van der Waals surface area contributed by atoms with E-state index < -0.39 is 0 Å². The zero-order valence-corrected chi connectivity index (χ0v) is 16.0. The van der Waals surface area contributed by atoms with Gasteiger partial charge in [0.2, 0.25) is 0 Å². The van der Waals surface area contributed by atoms with E-state index in [1.165, 1.54) is 0 Å². The lowest BCUT2D eigenvalue weighted by atomic mass is 10.1. The Labute approximate surface area is 161 Å². The third-order valence-corrected chi connectivity index (χ3v) is 5.62. The fraction of sp³-hybridized carbons (Fsp3) is 0.200. The minimum Gasteiger partial charge on any atom is -0.482 e. The molecule has 0 aliphatic carbocycles. The molecule has 132 valence electrons. The summed E-state index contributed by atoms with van der Waals surface area (Å²) in [6.45, 7) is 4.50. The number of hydrogen-bond acceptors (Lipinski definition) is 4. The quantitative estimate of drug-likeness (QED) is 0.637. The van der Waals surface area contributed by atoms with E-state index in [-0.39, 0.29) is 12.5 Å². The number of rotatable bonds is 3. The SMILES string of the molecule is Cc1nc(-c2ccc3c(c2)N(Cc2ccccc2Cl)C(=O)CO3)c(C)s1. The maximum absolute atomic E-state index is 12.5. The number of hydrogen-bond donors (Lipinski definition) is 0. The maximum Gasteiger partial charge on any atom is 0.265 e. The highest BCUT2D eigenvalue weighted by atomic mass is 35.5. The zero-order chi connectivity index (χ0) is 18.3. The van der Waals surface area contributed by atoms with Crippen LogP contribution >= 0.6 is 22.9 Å². The topological polar surface area (TPSA) is 42.4 Å². The van der Waals surface area contributed by atoms with Gasteiger partial charge in [0, 0.05) is 15.5 Å². The van der Waals surface area contributed by atoms with Crippen molar-refractivity contribution < 1.29 is 9.53 Å². The van der Waals surface area contributed by atoms with Gasteiger partial charge >= 0.3 is 0 Å². The normalized spacial score (nSPS) is 13.5. The van der Waals surface area contributed by atoms with Crippen molar-refractivity contribution in [2.24, 2.45) is 0 Å². The van der Waals surface area contributed by atoms with E-state index in [1.54, 1.807) is 16.2 Å². The second-order valence-corrected chi connectivity index (χ2v) is 7.99. The maximum atomic E-state index is 12.5. The van der Waals surface area contributed by atoms with Gasteiger partial charge < -0.3 is 9.64 Å². The van der Waals surface area contributed by atoms with Crippen LogP contribution in [0.3, 0.4) is 0 Å². The zero-order valence-electron chi connectivity index (χ0n) is 14.5. The number of carbonyl (C=O) groups excluding carboxylic acids is 1. The molecule has 1 aliphatic rings. The van der Waals surface area contributed by atoms with Gasteiger partial charge in [0.15, 0.2) is 6.61 Å². The van der Waals surface area contributed by atoms with Gasteiger partial charge in [-0.2, -0.15) is 0 Å². The highest BCUT2D eigenvalue weighted by Gasteiger charge is 2.27. The Hall–Kier alpha value is -2.37. The summed E-state index contributed by atoms with van der Waals surface area (Å²) >= 11 is 7.96. The minimum absolute atomic E-state index is 0.0334. The summed E-state index contributed by atoms with van der Waals surface area (Å²) < 4.78 is 5.62. The van der Waals surface area contributed by atoms with Crippen molar-refractivity contribution in [1.29, 1.82) is 0 Å². The van der Waals surface area contributed by atoms with E-state index in [0.29, 0.717) is 17.3 Å². The van der Waals surface area contributed by atoms with Gasteiger partial charge in [0.05, 0.1) is 22.9 Å². The Kier molecular flexibility index (Phi) is 4.42. The summed E-state index contributed by atoms with van der Waals surface area (Å²) in [5, 5.41) is 1.67. The van der Waals surface area contributed by atoms with Crippen LogP contribution in [-0.4, -0.2) is 17.5 Å². The number of aryl methyl sites for hydroxylation is 2. The largest absolute Gasteiger partial charge is 0.482 e. The molecule has 0 saturated heterocycles. The van der Waals surface area contributed by atoms with Gasteiger partial charge in [-0.05, 0) is 43.7 Å². The summed E-state index contributed by atoms with van der Waals surface area (Å²) in [4.78, 5) is 20.1. The number of carbonyl (C=O) groups is 1. The second kappa shape index (κ2) is 6.74. The molecule has 6 heteroatoms. The molecule has 2 aromatic carbocycles. The van der Waals surface area contributed by atoms with Gasteiger partial charge in [0.25, 0.3) is 5.91 Å². The Morgan fingerprint density at radius 2 is 2.04 bits per heavy atom. The third kappa shape index (κ3) is 3.08. The molecule has 0 spiro atoms. The highest BCUT2D eigenvalue weighted by molar-refractivity contribution is 7.11. The molecule has 0 N–H and O–H groups in total. The lowest BCUT2D eigenvalue weighted by Crippen LogP contribution is -2.38. The van der Waals surface area contributed by atoms with Crippen LogP contribution in [0.4, 0.5) is 5.69 Å². The fourth-order valence-electron chi connectivity index (χ4n) is 3.12. The molecule has 3 aromatic rings. The molecule has 26 heavy (non-hydrogen) atoms. The lowest BCUT2D eigenvalue weighted by molar-refractivity contribution is -0.121. The van der Waals surface area contributed by atoms with Crippen molar-refractivity contribution in [3.8, 4) is 17.0 Å². The average Bonchev–Trinajstić information content (AvgIpc) is 2.97. The number of thiazole rings is 1. The summed E-state index contributed by atoms with van der Waals surface area (Å²) in [6, 6.07) is 13.4. The molecular formula is C20H17ClN2O2S. The van der Waals surface area contributed by atoms with Crippen molar-refractivity contribution >= 4 is 34.5 Å². The lowest BCUT2D eigenvalue weighted by Gasteiger charge is -2.30. The molecule has 0 fully saturated rings. The standard InChI is InChI=1S/C20H17ClN2O2S/c1-12-20(22-13(2)26-12)14-7-8-18-17(9-14)23(19(24)11-25-18)10-15-5-3-4-6-16(15)21/h3-9H,10-11H2,1-2H3. The number of benzene rings is 2. The molecule has 4 nitrogen and oxygen atoms in total. The van der Waals surface area contributed by atoms with E-state index >= 15 is 0 Å². The van der Waals surface area contributed by atoms with Gasteiger partial charge in [0.1, 0.15) is 5.75 Å². The number of nitrogens with zero attached hydrogens (tertiary/aromatic N) is 2. The fourth-order valence-corrected chi connectivity index (χ4v) is 4.15. The smallest absolute Gasteiger partial charge is 0.265 e. The van der Waals surface area contributed by atoms with Crippen LogP contribution in [0.1, 0.15) is 15.4 Å². The third-order valence-electron chi connectivity index (χ3n) is 4.37. The molecular weight excluding hydrogens is 368 g/mol. The second-order valence-electron chi connectivity index (χ2n) is 6.18. The van der Waals surface area contributed by atoms with Crippen LogP contribution in [0.25, 0.3) is 11.3 Å². The molecule has 0 atom stereocenters. The van der Waals surface area contributed by atoms with Crippen LogP contribution in [-0.2, 0) is 11.3 Å². The number of amides is 1. The molecule has 1 aromatic heterocycles. The minimum atomic E-state index is -0.0826. The Bertz CT molecular complexity index is 999. The molecule has 1 aliphatic heterocycles. The van der Waals surface area contributed by atoms with Crippen LogP contribution in [0, 0.1) is 13.8 Å². The first kappa shape index (κ1) is 17.1. The molecule has 4 rings (SSSR count). The number of ether oxygens (including phenoxy) is 1. The number of halogens is 1. The van der Waals surface area contributed by atoms with Crippen LogP contribution < -0.4 is 9.64 Å². The van der Waals surface area contributed by atoms with Crippen LogP contribution in [0.15, 0.2) is 42.5 Å². The summed E-state index contributed by atoms with van der Waals surface area (Å²) in [7, 11) is 0. The number of fused-ring (bicyclic) bond motifs is 1. The van der Waals surface area contributed by atoms with Crippen molar-refractivity contribution in [2.45, 2.75) is 20.4 Å². The van der Waals surface area contributed by atoms with Crippen LogP contribution in [0.5, 0.6) is 5.75 Å². The number of anilines is 1. The van der Waals surface area contributed by atoms with Gasteiger partial charge in [-0.15, -0.1) is 11.3 Å². The first-order valence-electron chi connectivity index (χ1n) is 8.28. The predicted molar refractivity (Wildman–Crippen MR) is 105 cm³/mol. The molecule has 0 bridgehead atoms. The van der Waals surface area contributed by atoms with E-state index in [4.69, 9.17) is 16.3 Å². The molecule has 1 amide bonds. The first-order valence-corrected chi connectivity index (χ1v) is 9.47. The summed E-state index contributed by atoms with van der Waals surface area (Å²) in [6.07, 6.45) is 0. The van der Waals surface area contributed by atoms with Gasteiger partial charge in [-0.3, -0.25) is 4.79 Å². The Balaban J connectivity index is 1.76. The average molecular weight is 385 g/mol. The van der Waals surface area contributed by atoms with Crippen molar-refractivity contribution in [2.75, 3.05) is 11.5 Å². The monoisotopic (exact) mass is 384 g/mol.